The smallest absolute Gasteiger partial charge is 0.269 e. The lowest BCUT2D eigenvalue weighted by Gasteiger charge is -2.03. The Morgan fingerprint density at radius 3 is 2.62 bits per heavy atom. The Hall–Kier alpha value is -2.60. The highest BCUT2D eigenvalue weighted by Gasteiger charge is 2.05. The second-order valence-corrected chi connectivity index (χ2v) is 6.15. The number of rotatable bonds is 4. The van der Waals surface area contributed by atoms with E-state index in [1.807, 2.05) is 43.3 Å². The van der Waals surface area contributed by atoms with Crippen LogP contribution < -0.4 is 0 Å². The zero-order valence-electron chi connectivity index (χ0n) is 13.0. The lowest BCUT2D eigenvalue weighted by atomic mass is 10.1. The molecular weight excluding hydrogens is 368 g/mol. The van der Waals surface area contributed by atoms with Gasteiger partial charge in [-0.1, -0.05) is 46.3 Å². The van der Waals surface area contributed by atoms with E-state index in [4.69, 9.17) is 0 Å². The van der Waals surface area contributed by atoms with Crippen LogP contribution in [0, 0.1) is 6.92 Å². The summed E-state index contributed by atoms with van der Waals surface area (Å²) in [5.74, 6) is 0.496. The summed E-state index contributed by atoms with van der Waals surface area (Å²) in [5.41, 5.74) is 3.32. The molecule has 3 aromatic rings. The fourth-order valence-corrected chi connectivity index (χ4v) is 2.62. The normalized spacial score (nSPS) is 11.1. The lowest BCUT2D eigenvalue weighted by molar-refractivity contribution is 0.468. The van der Waals surface area contributed by atoms with Crippen molar-refractivity contribution in [1.29, 1.82) is 0 Å². The highest BCUT2D eigenvalue weighted by atomic mass is 79.9. The molecule has 0 amide bonds. The fraction of sp³-hybridized carbons (Fsp3) is 0.111. The predicted molar refractivity (Wildman–Crippen MR) is 96.2 cm³/mol. The summed E-state index contributed by atoms with van der Waals surface area (Å²) in [6.07, 6.45) is 0. The number of phenols is 1. The molecule has 5 nitrogen and oxygen atoms in total. The van der Waals surface area contributed by atoms with Crippen molar-refractivity contribution in [3.05, 3.63) is 70.3 Å². The quantitative estimate of drug-likeness (QED) is 0.629. The monoisotopic (exact) mass is 382 g/mol. The molecule has 24 heavy (non-hydrogen) atoms. The topological polar surface area (TPSA) is 70.7 Å². The molecular formula is C18H15BrN4O. The molecule has 0 atom stereocenters. The van der Waals surface area contributed by atoms with Crippen LogP contribution in [0.4, 0.5) is 5.95 Å². The largest absolute Gasteiger partial charge is 0.508 e. The zero-order chi connectivity index (χ0) is 16.9. The van der Waals surface area contributed by atoms with Crippen LogP contribution in [0.3, 0.4) is 0 Å². The van der Waals surface area contributed by atoms with E-state index in [0.717, 1.165) is 21.4 Å². The summed E-state index contributed by atoms with van der Waals surface area (Å²) in [5, 5.41) is 18.0. The van der Waals surface area contributed by atoms with Crippen LogP contribution in [0.15, 0.2) is 69.3 Å². The molecule has 0 bridgehead atoms. The standard InChI is InChI=1S/C18H15BrN4O/c1-12-9-16(13-5-3-2-4-6-13)22-18(21-12)23-20-11-14-10-15(19)7-8-17(14)24/h2-10,24H,11H2,1H3. The van der Waals surface area contributed by atoms with E-state index in [1.54, 1.807) is 18.2 Å². The Morgan fingerprint density at radius 2 is 1.83 bits per heavy atom. The molecule has 1 heterocycles. The van der Waals surface area contributed by atoms with Gasteiger partial charge in [0.1, 0.15) is 5.75 Å². The van der Waals surface area contributed by atoms with Gasteiger partial charge in [-0.15, -0.1) is 5.11 Å². The summed E-state index contributed by atoms with van der Waals surface area (Å²) in [7, 11) is 0. The van der Waals surface area contributed by atoms with Crippen LogP contribution in [0.25, 0.3) is 11.3 Å². The van der Waals surface area contributed by atoms with E-state index in [1.165, 1.54) is 0 Å². The van der Waals surface area contributed by atoms with Crippen molar-refractivity contribution >= 4 is 21.9 Å². The number of nitrogens with zero attached hydrogens (tertiary/aromatic N) is 4. The third-order valence-electron chi connectivity index (χ3n) is 3.35. The number of halogens is 1. The molecule has 0 aliphatic rings. The van der Waals surface area contributed by atoms with Gasteiger partial charge >= 0.3 is 0 Å². The fourth-order valence-electron chi connectivity index (χ4n) is 2.21. The Balaban J connectivity index is 1.82. The van der Waals surface area contributed by atoms with Gasteiger partial charge < -0.3 is 5.11 Å². The molecule has 2 aromatic carbocycles. The van der Waals surface area contributed by atoms with Gasteiger partial charge in [-0.25, -0.2) is 9.97 Å². The lowest BCUT2D eigenvalue weighted by Crippen LogP contribution is -1.90. The first-order valence-corrected chi connectivity index (χ1v) is 8.17. The first kappa shape index (κ1) is 16.3. The highest BCUT2D eigenvalue weighted by Crippen LogP contribution is 2.23. The van der Waals surface area contributed by atoms with Crippen LogP contribution in [0.5, 0.6) is 5.75 Å². The van der Waals surface area contributed by atoms with E-state index in [2.05, 4.69) is 36.1 Å². The van der Waals surface area contributed by atoms with Crippen molar-refractivity contribution in [3.63, 3.8) is 0 Å². The van der Waals surface area contributed by atoms with E-state index < -0.39 is 0 Å². The molecule has 0 saturated heterocycles. The number of phenolic OH excluding ortho intramolecular Hbond substituents is 1. The average Bonchev–Trinajstić information content (AvgIpc) is 2.58. The van der Waals surface area contributed by atoms with Gasteiger partial charge in [-0.3, -0.25) is 0 Å². The van der Waals surface area contributed by atoms with E-state index in [-0.39, 0.29) is 12.3 Å². The van der Waals surface area contributed by atoms with Crippen molar-refractivity contribution in [1.82, 2.24) is 9.97 Å². The summed E-state index contributed by atoms with van der Waals surface area (Å²) >= 11 is 3.37. The second-order valence-electron chi connectivity index (χ2n) is 5.23. The number of aryl methyl sites for hydroxylation is 1. The van der Waals surface area contributed by atoms with Crippen molar-refractivity contribution in [2.45, 2.75) is 13.5 Å². The van der Waals surface area contributed by atoms with Gasteiger partial charge in [0.15, 0.2) is 0 Å². The van der Waals surface area contributed by atoms with Crippen molar-refractivity contribution in [3.8, 4) is 17.0 Å². The number of azo groups is 1. The van der Waals surface area contributed by atoms with Gasteiger partial charge in [-0.2, -0.15) is 5.11 Å². The molecule has 0 unspecified atom stereocenters. The highest BCUT2D eigenvalue weighted by molar-refractivity contribution is 9.10. The second kappa shape index (κ2) is 7.31. The number of benzene rings is 2. The average molecular weight is 383 g/mol. The van der Waals surface area contributed by atoms with Crippen molar-refractivity contribution < 1.29 is 5.11 Å². The molecule has 1 aromatic heterocycles. The minimum Gasteiger partial charge on any atom is -0.508 e. The molecule has 0 radical (unpaired) electrons. The molecule has 0 saturated carbocycles. The Labute approximate surface area is 148 Å². The Kier molecular flexibility index (Phi) is 4.96. The minimum absolute atomic E-state index is 0.187. The first-order valence-electron chi connectivity index (χ1n) is 7.38. The van der Waals surface area contributed by atoms with Crippen LogP contribution in [0.2, 0.25) is 0 Å². The number of hydrogen-bond acceptors (Lipinski definition) is 5. The number of aromatic hydroxyl groups is 1. The predicted octanol–water partition coefficient (Wildman–Crippen LogP) is 5.20. The maximum absolute atomic E-state index is 9.82. The van der Waals surface area contributed by atoms with Gasteiger partial charge in [0, 0.05) is 21.3 Å². The molecule has 0 fully saturated rings. The van der Waals surface area contributed by atoms with Gasteiger partial charge in [0.2, 0.25) is 0 Å². The van der Waals surface area contributed by atoms with E-state index >= 15 is 0 Å². The third-order valence-corrected chi connectivity index (χ3v) is 3.85. The van der Waals surface area contributed by atoms with Crippen LogP contribution in [-0.4, -0.2) is 15.1 Å². The van der Waals surface area contributed by atoms with Gasteiger partial charge in [-0.05, 0) is 31.2 Å². The SMILES string of the molecule is Cc1cc(-c2ccccc2)nc(N=NCc2cc(Br)ccc2O)n1. The molecule has 120 valence electrons. The maximum atomic E-state index is 9.82. The van der Waals surface area contributed by atoms with Crippen LogP contribution in [-0.2, 0) is 6.54 Å². The van der Waals surface area contributed by atoms with E-state index in [0.29, 0.717) is 11.5 Å². The van der Waals surface area contributed by atoms with Gasteiger partial charge in [0.05, 0.1) is 12.2 Å². The first-order chi connectivity index (χ1) is 11.6. The molecule has 3 rings (SSSR count). The zero-order valence-corrected chi connectivity index (χ0v) is 14.6. The molecule has 0 aliphatic carbocycles. The summed E-state index contributed by atoms with van der Waals surface area (Å²) in [6, 6.07) is 17.0. The van der Waals surface area contributed by atoms with Crippen molar-refractivity contribution in [2.75, 3.05) is 0 Å². The maximum Gasteiger partial charge on any atom is 0.269 e. The molecule has 0 spiro atoms. The van der Waals surface area contributed by atoms with Crippen LogP contribution >= 0.6 is 15.9 Å². The molecule has 0 aliphatic heterocycles. The third kappa shape index (κ3) is 4.02. The minimum atomic E-state index is 0.187. The molecule has 6 heteroatoms. The van der Waals surface area contributed by atoms with Crippen LogP contribution in [0.1, 0.15) is 11.3 Å². The summed E-state index contributed by atoms with van der Waals surface area (Å²) < 4.78 is 0.878. The number of aromatic nitrogens is 2. The Morgan fingerprint density at radius 1 is 1.04 bits per heavy atom. The van der Waals surface area contributed by atoms with Gasteiger partial charge in [0.25, 0.3) is 5.95 Å². The van der Waals surface area contributed by atoms with Crippen molar-refractivity contribution in [2.24, 2.45) is 10.2 Å². The molecule has 1 N–H and O–H groups in total. The van der Waals surface area contributed by atoms with E-state index in [9.17, 15) is 5.11 Å². The summed E-state index contributed by atoms with van der Waals surface area (Å²) in [4.78, 5) is 8.72. The Bertz CT molecular complexity index is 881. The summed E-state index contributed by atoms with van der Waals surface area (Å²) in [6.45, 7) is 2.15. The number of hydrogen-bond donors (Lipinski definition) is 1.